The van der Waals surface area contributed by atoms with E-state index in [2.05, 4.69) is 9.47 Å². The quantitative estimate of drug-likeness (QED) is 0.264. The van der Waals surface area contributed by atoms with Crippen molar-refractivity contribution in [1.82, 2.24) is 0 Å². The van der Waals surface area contributed by atoms with Crippen LogP contribution in [-0.2, 0) is 32.6 Å². The molecule has 0 saturated carbocycles. The van der Waals surface area contributed by atoms with Gasteiger partial charge in [0.2, 0.25) is 0 Å². The van der Waals surface area contributed by atoms with Crippen LogP contribution in [-0.4, -0.2) is 20.2 Å². The number of hydrogen-bond donors (Lipinski definition) is 0. The molecule has 0 bridgehead atoms. The van der Waals surface area contributed by atoms with Gasteiger partial charge in [-0.2, -0.15) is 0 Å². The summed E-state index contributed by atoms with van der Waals surface area (Å²) in [5.74, 6) is -0.308. The number of methoxy groups -OCH3 is 2. The Morgan fingerprint density at radius 2 is 2.11 bits per heavy atom. The molecular formula is C5H7O3Zn. The van der Waals surface area contributed by atoms with Gasteiger partial charge in [0.15, 0.2) is 0 Å². The number of carbonyl (C=O) groups is 1. The minimum atomic E-state index is -0.308. The summed E-state index contributed by atoms with van der Waals surface area (Å²) in [5.41, 5.74) is 0. The zero-order chi connectivity index (χ0) is 7.28. The van der Waals surface area contributed by atoms with Crippen molar-refractivity contribution in [1.29, 1.82) is 0 Å². The fourth-order valence-electron chi connectivity index (χ4n) is 0.321. The molecule has 0 saturated heterocycles. The zero-order valence-electron chi connectivity index (χ0n) is 5.51. The van der Waals surface area contributed by atoms with Crippen molar-refractivity contribution < 1.29 is 32.6 Å². The third kappa shape index (κ3) is 3.25. The number of carbonyl (C=O) groups excluding carboxylic acids is 1. The van der Waals surface area contributed by atoms with E-state index in [1.165, 1.54) is 20.5 Å². The van der Waals surface area contributed by atoms with Gasteiger partial charge in [-0.3, -0.25) is 0 Å². The molecule has 0 aliphatic carbocycles. The number of hydrogen-bond acceptors (Lipinski definition) is 3. The van der Waals surface area contributed by atoms with Gasteiger partial charge in [0.05, 0.1) is 0 Å². The Kier molecular flexibility index (Phi) is 4.32. The van der Waals surface area contributed by atoms with Crippen molar-refractivity contribution in [3.05, 3.63) is 10.4 Å². The third-order valence-corrected chi connectivity index (χ3v) is 1.66. The second kappa shape index (κ2) is 4.51. The number of rotatable bonds is 2. The fraction of sp³-hybridized carbons (Fsp3) is 0.400. The molecule has 47 valence electrons. The topological polar surface area (TPSA) is 35.5 Å². The Balaban J connectivity index is 3.86. The van der Waals surface area contributed by atoms with Gasteiger partial charge in [-0.15, -0.1) is 0 Å². The van der Waals surface area contributed by atoms with Crippen LogP contribution in [0.5, 0.6) is 0 Å². The molecule has 0 rings (SSSR count). The summed E-state index contributed by atoms with van der Waals surface area (Å²) in [4.78, 5) is 10.6. The minimum absolute atomic E-state index is 0.308. The molecule has 0 N–H and O–H groups in total. The molecule has 0 spiro atoms. The van der Waals surface area contributed by atoms with Crippen molar-refractivity contribution >= 4 is 5.97 Å². The van der Waals surface area contributed by atoms with Crippen LogP contribution < -0.4 is 0 Å². The molecule has 4 heteroatoms. The summed E-state index contributed by atoms with van der Waals surface area (Å²) in [6.07, 6.45) is 1.39. The fourth-order valence-corrected chi connectivity index (χ4v) is 0.974. The second-order valence-electron chi connectivity index (χ2n) is 1.37. The molecule has 0 heterocycles. The molecule has 3 nitrogen and oxygen atoms in total. The van der Waals surface area contributed by atoms with Gasteiger partial charge in [0, 0.05) is 0 Å². The first-order valence-electron chi connectivity index (χ1n) is 2.35. The van der Waals surface area contributed by atoms with Crippen LogP contribution in [0.4, 0.5) is 0 Å². The Bertz CT molecular complexity index is 130. The Morgan fingerprint density at radius 3 is 2.44 bits per heavy atom. The van der Waals surface area contributed by atoms with E-state index in [-0.39, 0.29) is 5.97 Å². The van der Waals surface area contributed by atoms with Gasteiger partial charge >= 0.3 is 63.2 Å². The van der Waals surface area contributed by atoms with Gasteiger partial charge in [-0.1, -0.05) is 0 Å². The van der Waals surface area contributed by atoms with Crippen LogP contribution in [0.2, 0.25) is 0 Å². The molecule has 0 aromatic rings. The van der Waals surface area contributed by atoms with Crippen LogP contribution in [0.15, 0.2) is 10.4 Å². The average molecular weight is 180 g/mol. The number of ether oxygens (including phenoxy) is 2. The summed E-state index contributed by atoms with van der Waals surface area (Å²) in [6, 6.07) is 0. The van der Waals surface area contributed by atoms with Gasteiger partial charge in [-0.25, -0.2) is 0 Å². The van der Waals surface area contributed by atoms with Gasteiger partial charge < -0.3 is 0 Å². The van der Waals surface area contributed by atoms with E-state index >= 15 is 0 Å². The van der Waals surface area contributed by atoms with Crippen molar-refractivity contribution in [3.8, 4) is 0 Å². The van der Waals surface area contributed by atoms with Crippen LogP contribution in [0.3, 0.4) is 0 Å². The molecule has 0 radical (unpaired) electrons. The van der Waals surface area contributed by atoms with E-state index in [0.717, 1.165) is 18.3 Å². The van der Waals surface area contributed by atoms with Crippen molar-refractivity contribution in [2.45, 2.75) is 0 Å². The molecule has 0 fully saturated rings. The monoisotopic (exact) mass is 179 g/mol. The molecule has 0 amide bonds. The normalized spacial score (nSPS) is 10.9. The van der Waals surface area contributed by atoms with E-state index < -0.39 is 0 Å². The first-order chi connectivity index (χ1) is 4.22. The Morgan fingerprint density at radius 1 is 1.56 bits per heavy atom. The molecule has 0 aliphatic heterocycles. The molecule has 0 unspecified atom stereocenters. The van der Waals surface area contributed by atoms with Gasteiger partial charge in [0.25, 0.3) is 0 Å². The molecule has 0 aliphatic rings. The van der Waals surface area contributed by atoms with E-state index in [9.17, 15) is 4.79 Å². The Hall–Kier alpha value is -0.367. The van der Waals surface area contributed by atoms with Gasteiger partial charge in [0.1, 0.15) is 0 Å². The van der Waals surface area contributed by atoms with Crippen molar-refractivity contribution in [2.24, 2.45) is 0 Å². The predicted molar refractivity (Wildman–Crippen MR) is 27.1 cm³/mol. The van der Waals surface area contributed by atoms with Gasteiger partial charge in [-0.05, 0) is 0 Å². The zero-order valence-corrected chi connectivity index (χ0v) is 8.48. The summed E-state index contributed by atoms with van der Waals surface area (Å²) in [6.45, 7) is 0. The van der Waals surface area contributed by atoms with E-state index in [0.29, 0.717) is 4.17 Å². The first kappa shape index (κ1) is 8.63. The summed E-state index contributed by atoms with van der Waals surface area (Å²) < 4.78 is 9.59. The van der Waals surface area contributed by atoms with Crippen molar-refractivity contribution in [3.63, 3.8) is 0 Å². The maximum absolute atomic E-state index is 10.6. The third-order valence-electron chi connectivity index (χ3n) is 0.708. The first-order valence-corrected chi connectivity index (χ1v) is 3.84. The van der Waals surface area contributed by atoms with E-state index in [1.54, 1.807) is 0 Å². The summed E-state index contributed by atoms with van der Waals surface area (Å²) in [5, 5.41) is 0. The molecule has 0 aromatic carbocycles. The van der Waals surface area contributed by atoms with Crippen LogP contribution >= 0.6 is 0 Å². The molecule has 9 heavy (non-hydrogen) atoms. The van der Waals surface area contributed by atoms with E-state index in [4.69, 9.17) is 0 Å². The number of esters is 1. The summed E-state index contributed by atoms with van der Waals surface area (Å²) >= 11 is 0.751. The second-order valence-corrected chi connectivity index (χ2v) is 2.97. The molecule has 0 aromatic heterocycles. The van der Waals surface area contributed by atoms with Crippen LogP contribution in [0.25, 0.3) is 0 Å². The summed E-state index contributed by atoms with van der Waals surface area (Å²) in [7, 11) is 2.85. The SMILES string of the molecule is CO/C=[C](\[Zn])C(=O)OC. The maximum atomic E-state index is 10.6. The predicted octanol–water partition coefficient (Wildman–Crippen LogP) is 0.194. The van der Waals surface area contributed by atoms with Crippen LogP contribution in [0, 0.1) is 0 Å². The Labute approximate surface area is 63.7 Å². The van der Waals surface area contributed by atoms with Crippen LogP contribution in [0.1, 0.15) is 0 Å². The van der Waals surface area contributed by atoms with E-state index in [1.807, 2.05) is 0 Å². The molecular weight excluding hydrogens is 173 g/mol. The van der Waals surface area contributed by atoms with Crippen molar-refractivity contribution in [2.75, 3.05) is 14.2 Å². The standard InChI is InChI=1S/C5H7O3.Zn/c1-7-4-3-5(6)8-2;/h4H,1-2H3;. The molecule has 0 atom stereocenters. The average Bonchev–Trinajstić information content (AvgIpc) is 1.87.